The van der Waals surface area contributed by atoms with Gasteiger partial charge < -0.3 is 5.32 Å². The number of rotatable bonds is 3. The molecule has 2 unspecified atom stereocenters. The van der Waals surface area contributed by atoms with E-state index in [-0.39, 0.29) is 0 Å². The van der Waals surface area contributed by atoms with Crippen molar-refractivity contribution < 1.29 is 0 Å². The number of fused-ring (bicyclic) bond motifs is 1. The van der Waals surface area contributed by atoms with E-state index in [0.717, 1.165) is 5.92 Å². The fourth-order valence-corrected chi connectivity index (χ4v) is 3.44. The van der Waals surface area contributed by atoms with Gasteiger partial charge in [-0.05, 0) is 55.1 Å². The Hall–Kier alpha value is -0.820. The van der Waals surface area contributed by atoms with Crippen LogP contribution >= 0.6 is 0 Å². The molecule has 18 heavy (non-hydrogen) atoms. The lowest BCUT2D eigenvalue weighted by Gasteiger charge is -2.38. The first-order valence-electron chi connectivity index (χ1n) is 7.43. The van der Waals surface area contributed by atoms with Crippen LogP contribution in [-0.4, -0.2) is 6.04 Å². The van der Waals surface area contributed by atoms with Crippen molar-refractivity contribution in [2.75, 3.05) is 0 Å². The van der Waals surface area contributed by atoms with Gasteiger partial charge in [-0.3, -0.25) is 0 Å². The Morgan fingerprint density at radius 3 is 2.61 bits per heavy atom. The molecule has 1 fully saturated rings. The number of hydrogen-bond acceptors (Lipinski definition) is 1. The van der Waals surface area contributed by atoms with Gasteiger partial charge in [-0.1, -0.05) is 38.1 Å². The fourth-order valence-electron chi connectivity index (χ4n) is 3.44. The predicted molar refractivity (Wildman–Crippen MR) is 76.8 cm³/mol. The first kappa shape index (κ1) is 12.2. The maximum absolute atomic E-state index is 3.87. The molecule has 1 saturated carbocycles. The van der Waals surface area contributed by atoms with E-state index >= 15 is 0 Å². The van der Waals surface area contributed by atoms with Crippen LogP contribution in [0.5, 0.6) is 0 Å². The maximum Gasteiger partial charge on any atom is 0.0325 e. The standard InChI is InChI=1S/C17H25N/c1-12(13-8-9-13)18-16-10-11-17(2,3)15-7-5-4-6-14(15)16/h4-7,12-13,16,18H,8-11H2,1-3H3. The third-order valence-electron chi connectivity index (χ3n) is 4.92. The van der Waals surface area contributed by atoms with Crippen LogP contribution in [0, 0.1) is 5.92 Å². The summed E-state index contributed by atoms with van der Waals surface area (Å²) >= 11 is 0. The minimum Gasteiger partial charge on any atom is -0.307 e. The number of nitrogens with one attached hydrogen (secondary N) is 1. The van der Waals surface area contributed by atoms with Gasteiger partial charge >= 0.3 is 0 Å². The molecule has 1 nitrogen and oxygen atoms in total. The van der Waals surface area contributed by atoms with Gasteiger partial charge in [0.05, 0.1) is 0 Å². The highest BCUT2D eigenvalue weighted by Crippen LogP contribution is 2.42. The molecule has 1 aromatic rings. The summed E-state index contributed by atoms with van der Waals surface area (Å²) in [6.07, 6.45) is 5.42. The van der Waals surface area contributed by atoms with Crippen molar-refractivity contribution in [3.63, 3.8) is 0 Å². The summed E-state index contributed by atoms with van der Waals surface area (Å²) in [6, 6.07) is 10.3. The van der Waals surface area contributed by atoms with E-state index in [1.165, 1.54) is 25.7 Å². The molecule has 1 heteroatoms. The molecule has 0 aliphatic heterocycles. The zero-order valence-electron chi connectivity index (χ0n) is 11.9. The zero-order valence-corrected chi connectivity index (χ0v) is 11.9. The van der Waals surface area contributed by atoms with E-state index in [9.17, 15) is 0 Å². The third kappa shape index (κ3) is 2.21. The second-order valence-electron chi connectivity index (χ2n) is 6.86. The van der Waals surface area contributed by atoms with Crippen LogP contribution in [0.3, 0.4) is 0 Å². The summed E-state index contributed by atoms with van der Waals surface area (Å²) in [6.45, 7) is 7.12. The van der Waals surface area contributed by atoms with Gasteiger partial charge in [0.15, 0.2) is 0 Å². The molecule has 2 aliphatic rings. The van der Waals surface area contributed by atoms with Crippen LogP contribution < -0.4 is 5.32 Å². The molecule has 3 rings (SSSR count). The highest BCUT2D eigenvalue weighted by atomic mass is 15.0. The van der Waals surface area contributed by atoms with Gasteiger partial charge in [0.25, 0.3) is 0 Å². The first-order valence-corrected chi connectivity index (χ1v) is 7.43. The fraction of sp³-hybridized carbons (Fsp3) is 0.647. The van der Waals surface area contributed by atoms with E-state index in [1.807, 2.05) is 0 Å². The highest BCUT2D eigenvalue weighted by molar-refractivity contribution is 5.38. The minimum atomic E-state index is 0.345. The Labute approximate surface area is 111 Å². The average Bonchev–Trinajstić information content (AvgIpc) is 3.17. The zero-order chi connectivity index (χ0) is 12.8. The summed E-state index contributed by atoms with van der Waals surface area (Å²) in [5, 5.41) is 3.87. The molecule has 1 N–H and O–H groups in total. The number of hydrogen-bond donors (Lipinski definition) is 1. The third-order valence-corrected chi connectivity index (χ3v) is 4.92. The SMILES string of the molecule is CC(NC1CCC(C)(C)c2ccccc21)C1CC1. The van der Waals surface area contributed by atoms with Crippen molar-refractivity contribution in [3.05, 3.63) is 35.4 Å². The summed E-state index contributed by atoms with van der Waals surface area (Å²) < 4.78 is 0. The van der Waals surface area contributed by atoms with Gasteiger partial charge in [0, 0.05) is 12.1 Å². The van der Waals surface area contributed by atoms with Crippen molar-refractivity contribution >= 4 is 0 Å². The Morgan fingerprint density at radius 2 is 1.89 bits per heavy atom. The van der Waals surface area contributed by atoms with Crippen LogP contribution in [0.4, 0.5) is 0 Å². The summed E-state index contributed by atoms with van der Waals surface area (Å²) in [7, 11) is 0. The monoisotopic (exact) mass is 243 g/mol. The van der Waals surface area contributed by atoms with Crippen LogP contribution in [0.2, 0.25) is 0 Å². The minimum absolute atomic E-state index is 0.345. The molecule has 1 aromatic carbocycles. The molecule has 2 aliphatic carbocycles. The highest BCUT2D eigenvalue weighted by Gasteiger charge is 2.35. The Balaban J connectivity index is 1.84. The van der Waals surface area contributed by atoms with Crippen molar-refractivity contribution in [1.29, 1.82) is 0 Å². The Morgan fingerprint density at radius 1 is 1.17 bits per heavy atom. The first-order chi connectivity index (χ1) is 8.58. The van der Waals surface area contributed by atoms with Gasteiger partial charge in [-0.25, -0.2) is 0 Å². The topological polar surface area (TPSA) is 12.0 Å². The summed E-state index contributed by atoms with van der Waals surface area (Å²) in [5.41, 5.74) is 3.44. The lowest BCUT2D eigenvalue weighted by Crippen LogP contribution is -2.37. The molecular formula is C17H25N. The van der Waals surface area contributed by atoms with E-state index in [1.54, 1.807) is 11.1 Å². The second kappa shape index (κ2) is 4.38. The average molecular weight is 243 g/mol. The van der Waals surface area contributed by atoms with Gasteiger partial charge in [0.2, 0.25) is 0 Å². The van der Waals surface area contributed by atoms with Crippen molar-refractivity contribution in [2.24, 2.45) is 5.92 Å². The van der Waals surface area contributed by atoms with Gasteiger partial charge in [-0.2, -0.15) is 0 Å². The maximum atomic E-state index is 3.87. The lowest BCUT2D eigenvalue weighted by molar-refractivity contribution is 0.327. The van der Waals surface area contributed by atoms with Crippen molar-refractivity contribution in [1.82, 2.24) is 5.32 Å². The van der Waals surface area contributed by atoms with Crippen molar-refractivity contribution in [2.45, 2.75) is 64.0 Å². The molecule has 0 heterocycles. The molecule has 0 spiro atoms. The van der Waals surface area contributed by atoms with E-state index in [2.05, 4.69) is 50.4 Å². The largest absolute Gasteiger partial charge is 0.307 e. The number of benzene rings is 1. The van der Waals surface area contributed by atoms with Crippen LogP contribution in [0.25, 0.3) is 0 Å². The molecule has 98 valence electrons. The van der Waals surface area contributed by atoms with Crippen LogP contribution in [0.15, 0.2) is 24.3 Å². The lowest BCUT2D eigenvalue weighted by atomic mass is 9.71. The van der Waals surface area contributed by atoms with Gasteiger partial charge in [0.1, 0.15) is 0 Å². The Bertz CT molecular complexity index is 431. The summed E-state index contributed by atoms with van der Waals surface area (Å²) in [4.78, 5) is 0. The Kier molecular flexibility index (Phi) is 2.97. The normalized spacial score (nSPS) is 27.6. The molecule has 0 bridgehead atoms. The quantitative estimate of drug-likeness (QED) is 0.839. The summed E-state index contributed by atoms with van der Waals surface area (Å²) in [5.74, 6) is 0.937. The molecule has 2 atom stereocenters. The van der Waals surface area contributed by atoms with Gasteiger partial charge in [-0.15, -0.1) is 0 Å². The van der Waals surface area contributed by atoms with Crippen LogP contribution in [0.1, 0.15) is 63.6 Å². The van der Waals surface area contributed by atoms with Crippen molar-refractivity contribution in [3.8, 4) is 0 Å². The molecule has 0 saturated heterocycles. The second-order valence-corrected chi connectivity index (χ2v) is 6.86. The molecule has 0 amide bonds. The van der Waals surface area contributed by atoms with Crippen LogP contribution in [-0.2, 0) is 5.41 Å². The predicted octanol–water partition coefficient (Wildman–Crippen LogP) is 4.19. The molecule has 0 radical (unpaired) electrons. The molecular weight excluding hydrogens is 218 g/mol. The van der Waals surface area contributed by atoms with E-state index in [4.69, 9.17) is 0 Å². The smallest absolute Gasteiger partial charge is 0.0325 e. The van der Waals surface area contributed by atoms with E-state index in [0.29, 0.717) is 17.5 Å². The van der Waals surface area contributed by atoms with E-state index < -0.39 is 0 Å². The molecule has 0 aromatic heterocycles.